The van der Waals surface area contributed by atoms with Crippen LogP contribution in [0.4, 0.5) is 0 Å². The molecule has 0 amide bonds. The quantitative estimate of drug-likeness (QED) is 0.649. The molecule has 1 unspecified atom stereocenters. The number of nitriles is 1. The minimum absolute atomic E-state index is 0.00598. The molecule has 1 aliphatic rings. The molecule has 2 aromatic carbocycles. The van der Waals surface area contributed by atoms with Gasteiger partial charge in [0.15, 0.2) is 12.4 Å². The van der Waals surface area contributed by atoms with Crippen molar-refractivity contribution >= 4 is 16.9 Å². The molecule has 1 aliphatic heterocycles. The second-order valence-corrected chi connectivity index (χ2v) is 6.27. The average molecular weight is 390 g/mol. The van der Waals surface area contributed by atoms with E-state index in [-0.39, 0.29) is 28.5 Å². The van der Waals surface area contributed by atoms with Gasteiger partial charge in [-0.1, -0.05) is 30.3 Å². The summed E-state index contributed by atoms with van der Waals surface area (Å²) < 4.78 is 16.5. The number of carboxylic acids is 1. The molecule has 0 bridgehead atoms. The van der Waals surface area contributed by atoms with Gasteiger partial charge in [0.25, 0.3) is 0 Å². The van der Waals surface area contributed by atoms with E-state index in [2.05, 4.69) is 0 Å². The highest BCUT2D eigenvalue weighted by molar-refractivity contribution is 5.86. The maximum Gasteiger partial charge on any atom is 0.344 e. The minimum atomic E-state index is -1.16. The number of hydrogen-bond acceptors (Lipinski definition) is 7. The van der Waals surface area contributed by atoms with Gasteiger partial charge >= 0.3 is 11.6 Å². The van der Waals surface area contributed by atoms with Crippen molar-refractivity contribution in [2.24, 2.45) is 5.73 Å². The van der Waals surface area contributed by atoms with Crippen molar-refractivity contribution < 1.29 is 23.8 Å². The van der Waals surface area contributed by atoms with Crippen molar-refractivity contribution in [1.29, 1.82) is 5.26 Å². The Kier molecular flexibility index (Phi) is 4.41. The summed E-state index contributed by atoms with van der Waals surface area (Å²) in [5.74, 6) is -1.83. The Balaban J connectivity index is 2.00. The van der Waals surface area contributed by atoms with Crippen molar-refractivity contribution in [3.05, 3.63) is 81.5 Å². The van der Waals surface area contributed by atoms with Crippen LogP contribution in [-0.4, -0.2) is 17.7 Å². The third kappa shape index (κ3) is 3.04. The first-order valence-electron chi connectivity index (χ1n) is 8.58. The average Bonchev–Trinajstić information content (AvgIpc) is 2.71. The predicted molar refractivity (Wildman–Crippen MR) is 101 cm³/mol. The van der Waals surface area contributed by atoms with Gasteiger partial charge in [-0.3, -0.25) is 0 Å². The molecule has 8 nitrogen and oxygen atoms in total. The van der Waals surface area contributed by atoms with Crippen LogP contribution < -0.4 is 20.8 Å². The zero-order valence-corrected chi connectivity index (χ0v) is 14.9. The van der Waals surface area contributed by atoms with Crippen molar-refractivity contribution in [2.75, 3.05) is 6.61 Å². The highest BCUT2D eigenvalue weighted by Gasteiger charge is 2.37. The molecular weight excluding hydrogens is 376 g/mol. The molecular formula is C21H14N2O6. The van der Waals surface area contributed by atoms with Crippen molar-refractivity contribution in [3.63, 3.8) is 0 Å². The van der Waals surface area contributed by atoms with E-state index >= 15 is 0 Å². The van der Waals surface area contributed by atoms with Crippen LogP contribution in [0.25, 0.3) is 11.0 Å². The number of ether oxygens (including phenoxy) is 2. The third-order valence-electron chi connectivity index (χ3n) is 4.56. The van der Waals surface area contributed by atoms with E-state index in [9.17, 15) is 14.9 Å². The van der Waals surface area contributed by atoms with Crippen LogP contribution >= 0.6 is 0 Å². The summed E-state index contributed by atoms with van der Waals surface area (Å²) in [6.07, 6.45) is 0. The Morgan fingerprint density at radius 3 is 2.69 bits per heavy atom. The van der Waals surface area contributed by atoms with E-state index in [1.165, 1.54) is 0 Å². The summed E-state index contributed by atoms with van der Waals surface area (Å²) in [5, 5.41) is 19.2. The van der Waals surface area contributed by atoms with E-state index in [1.807, 2.05) is 6.07 Å². The van der Waals surface area contributed by atoms with E-state index < -0.39 is 24.1 Å². The Morgan fingerprint density at radius 2 is 1.93 bits per heavy atom. The lowest BCUT2D eigenvalue weighted by Crippen LogP contribution is -2.26. The molecule has 3 aromatic rings. The molecule has 8 heteroatoms. The molecule has 144 valence electrons. The zero-order chi connectivity index (χ0) is 20.5. The van der Waals surface area contributed by atoms with E-state index in [1.54, 1.807) is 48.5 Å². The van der Waals surface area contributed by atoms with Gasteiger partial charge in [0.2, 0.25) is 5.88 Å². The number of rotatable bonds is 4. The molecule has 0 spiro atoms. The molecule has 29 heavy (non-hydrogen) atoms. The number of carbonyl (C=O) groups is 1. The smallest absolute Gasteiger partial charge is 0.344 e. The maximum absolute atomic E-state index is 12.9. The minimum Gasteiger partial charge on any atom is -0.482 e. The second-order valence-electron chi connectivity index (χ2n) is 6.27. The monoisotopic (exact) mass is 390 g/mol. The third-order valence-corrected chi connectivity index (χ3v) is 4.56. The molecule has 2 heterocycles. The van der Waals surface area contributed by atoms with Crippen LogP contribution in [0, 0.1) is 11.3 Å². The molecule has 0 saturated carbocycles. The number of aliphatic carboxylic acids is 1. The number of nitrogens with two attached hydrogens (primary N) is 1. The van der Waals surface area contributed by atoms with Gasteiger partial charge in [0.1, 0.15) is 23.0 Å². The normalized spacial score (nSPS) is 15.3. The van der Waals surface area contributed by atoms with Gasteiger partial charge in [-0.2, -0.15) is 5.26 Å². The molecule has 3 N–H and O–H groups in total. The molecule has 1 atom stereocenters. The lowest BCUT2D eigenvalue weighted by Gasteiger charge is -2.27. The fourth-order valence-corrected chi connectivity index (χ4v) is 3.37. The summed E-state index contributed by atoms with van der Waals surface area (Å²) in [4.78, 5) is 23.8. The number of allylic oxidation sites excluding steroid dienone is 1. The number of hydrogen-bond donors (Lipinski definition) is 2. The fourth-order valence-electron chi connectivity index (χ4n) is 3.37. The fraction of sp³-hybridized carbons (Fsp3) is 0.0952. The number of nitrogens with zero attached hydrogens (tertiary/aromatic N) is 1. The molecule has 0 saturated heterocycles. The van der Waals surface area contributed by atoms with E-state index in [0.717, 1.165) is 0 Å². The summed E-state index contributed by atoms with van der Waals surface area (Å²) in [6.45, 7) is -0.583. The van der Waals surface area contributed by atoms with Gasteiger partial charge in [0, 0.05) is 5.56 Å². The highest BCUT2D eigenvalue weighted by atomic mass is 16.5. The maximum atomic E-state index is 12.9. The number of carboxylic acid groups (broad SMARTS) is 1. The highest BCUT2D eigenvalue weighted by Crippen LogP contribution is 2.45. The molecule has 4 rings (SSSR count). The second kappa shape index (κ2) is 7.05. The number of benzene rings is 2. The van der Waals surface area contributed by atoms with Gasteiger partial charge in [-0.05, 0) is 18.2 Å². The zero-order valence-electron chi connectivity index (χ0n) is 14.9. The SMILES string of the molecule is N#CC1=C(N)Oc2c(c(=O)oc3ccccc23)C1c1ccccc1OCC(=O)O. The lowest BCUT2D eigenvalue weighted by atomic mass is 9.83. The molecule has 0 aliphatic carbocycles. The first-order chi connectivity index (χ1) is 14.0. The van der Waals surface area contributed by atoms with Crippen molar-refractivity contribution in [3.8, 4) is 17.6 Å². The van der Waals surface area contributed by atoms with Crippen LogP contribution in [0.5, 0.6) is 11.5 Å². The summed E-state index contributed by atoms with van der Waals surface area (Å²) in [6, 6.07) is 15.3. The largest absolute Gasteiger partial charge is 0.482 e. The van der Waals surface area contributed by atoms with Gasteiger partial charge in [-0.15, -0.1) is 0 Å². The van der Waals surface area contributed by atoms with Crippen LogP contribution in [0.3, 0.4) is 0 Å². The van der Waals surface area contributed by atoms with Crippen LogP contribution in [0.2, 0.25) is 0 Å². The summed E-state index contributed by atoms with van der Waals surface area (Å²) in [5.41, 5.74) is 6.15. The Bertz CT molecular complexity index is 1270. The van der Waals surface area contributed by atoms with Crippen molar-refractivity contribution in [2.45, 2.75) is 5.92 Å². The Labute approximate surface area is 164 Å². The first-order valence-corrected chi connectivity index (χ1v) is 8.58. The lowest BCUT2D eigenvalue weighted by molar-refractivity contribution is -0.139. The standard InChI is InChI=1S/C21H14N2O6/c22-9-13-17(11-5-1-3-7-14(11)27-10-16(24)25)18-19(29-20(13)23)12-6-2-4-8-15(12)28-21(18)26/h1-8,17H,10,23H2,(H,24,25). The topological polar surface area (TPSA) is 136 Å². The van der Waals surface area contributed by atoms with Crippen LogP contribution in [-0.2, 0) is 4.79 Å². The molecule has 1 aromatic heterocycles. The van der Waals surface area contributed by atoms with Crippen LogP contribution in [0.15, 0.2) is 69.2 Å². The number of fused-ring (bicyclic) bond motifs is 3. The first kappa shape index (κ1) is 18.1. The van der Waals surface area contributed by atoms with E-state index in [0.29, 0.717) is 16.5 Å². The summed E-state index contributed by atoms with van der Waals surface area (Å²) >= 11 is 0. The summed E-state index contributed by atoms with van der Waals surface area (Å²) in [7, 11) is 0. The Morgan fingerprint density at radius 1 is 1.21 bits per heavy atom. The van der Waals surface area contributed by atoms with Gasteiger partial charge < -0.3 is 24.7 Å². The number of para-hydroxylation sites is 2. The van der Waals surface area contributed by atoms with Gasteiger partial charge in [0.05, 0.1) is 16.9 Å². The Hall–Kier alpha value is -4.25. The van der Waals surface area contributed by atoms with Gasteiger partial charge in [-0.25, -0.2) is 9.59 Å². The molecule has 0 fully saturated rings. The molecule has 0 radical (unpaired) electrons. The van der Waals surface area contributed by atoms with Crippen LogP contribution in [0.1, 0.15) is 17.0 Å². The van der Waals surface area contributed by atoms with Crippen molar-refractivity contribution in [1.82, 2.24) is 0 Å². The van der Waals surface area contributed by atoms with E-state index in [4.69, 9.17) is 24.7 Å². The predicted octanol–water partition coefficient (Wildman–Crippen LogP) is 2.47.